The summed E-state index contributed by atoms with van der Waals surface area (Å²) in [6.07, 6.45) is 0. The molecule has 4 heteroatoms. The normalized spacial score (nSPS) is 10.9. The number of nitrogens with zero attached hydrogens (tertiary/aromatic N) is 2. The van der Waals surface area contributed by atoms with E-state index in [0.29, 0.717) is 11.5 Å². The second-order valence-electron chi connectivity index (χ2n) is 5.08. The average molecular weight is 249 g/mol. The largest absolute Gasteiger partial charge is 0.373 e. The molecule has 1 amide bonds. The molecule has 0 spiro atoms. The Balaban J connectivity index is 3.15. The van der Waals surface area contributed by atoms with Crippen molar-refractivity contribution in [2.45, 2.75) is 39.7 Å². The molecule has 0 aromatic carbocycles. The fourth-order valence-corrected chi connectivity index (χ4v) is 1.54. The third-order valence-electron chi connectivity index (χ3n) is 3.03. The fraction of sp³-hybridized carbons (Fsp3) is 0.571. The lowest BCUT2D eigenvalue weighted by Crippen LogP contribution is -2.33. The molecular weight excluding hydrogens is 226 g/mol. The van der Waals surface area contributed by atoms with Crippen LogP contribution in [0.1, 0.15) is 49.7 Å². The number of carbonyl (C=O) groups excluding carboxylic acids is 1. The van der Waals surface area contributed by atoms with Gasteiger partial charge in [0, 0.05) is 31.4 Å². The summed E-state index contributed by atoms with van der Waals surface area (Å²) < 4.78 is 0. The number of rotatable bonds is 4. The maximum Gasteiger partial charge on any atom is 0.254 e. The van der Waals surface area contributed by atoms with E-state index in [-0.39, 0.29) is 11.9 Å². The maximum absolute atomic E-state index is 12.3. The van der Waals surface area contributed by atoms with Gasteiger partial charge in [-0.25, -0.2) is 4.98 Å². The van der Waals surface area contributed by atoms with E-state index in [1.54, 1.807) is 11.0 Å². The zero-order valence-corrected chi connectivity index (χ0v) is 12.1. The number of hydrogen-bond acceptors (Lipinski definition) is 3. The second-order valence-corrected chi connectivity index (χ2v) is 5.08. The van der Waals surface area contributed by atoms with Crippen molar-refractivity contribution in [1.82, 2.24) is 9.88 Å². The van der Waals surface area contributed by atoms with Crippen LogP contribution < -0.4 is 5.32 Å². The summed E-state index contributed by atoms with van der Waals surface area (Å²) in [6, 6.07) is 3.87. The number of nitrogens with one attached hydrogen (secondary N) is 1. The molecule has 1 rings (SSSR count). The van der Waals surface area contributed by atoms with E-state index < -0.39 is 0 Å². The molecule has 0 aliphatic heterocycles. The molecule has 1 aromatic heterocycles. The Morgan fingerprint density at radius 3 is 2.33 bits per heavy atom. The summed E-state index contributed by atoms with van der Waals surface area (Å²) in [5.74, 6) is 1.07. The molecule has 0 atom stereocenters. The highest BCUT2D eigenvalue weighted by Crippen LogP contribution is 2.18. The van der Waals surface area contributed by atoms with Gasteiger partial charge in [0.25, 0.3) is 5.91 Å². The first kappa shape index (κ1) is 14.5. The molecule has 1 aromatic rings. The minimum absolute atomic E-state index is 0.0331. The third-order valence-corrected chi connectivity index (χ3v) is 3.03. The number of amides is 1. The van der Waals surface area contributed by atoms with Crippen LogP contribution in [0.5, 0.6) is 0 Å². The smallest absolute Gasteiger partial charge is 0.254 e. The lowest BCUT2D eigenvalue weighted by atomic mass is 10.1. The molecule has 0 radical (unpaired) electrons. The molecular formula is C14H23N3O. The predicted molar refractivity (Wildman–Crippen MR) is 75.1 cm³/mol. The van der Waals surface area contributed by atoms with Gasteiger partial charge >= 0.3 is 0 Å². The van der Waals surface area contributed by atoms with Gasteiger partial charge in [-0.3, -0.25) is 4.79 Å². The van der Waals surface area contributed by atoms with E-state index in [4.69, 9.17) is 0 Å². The molecule has 0 bridgehead atoms. The minimum Gasteiger partial charge on any atom is -0.373 e. The third kappa shape index (κ3) is 3.22. The monoisotopic (exact) mass is 249 g/mol. The van der Waals surface area contributed by atoms with Gasteiger partial charge in [-0.1, -0.05) is 13.8 Å². The van der Waals surface area contributed by atoms with Crippen LogP contribution in [-0.2, 0) is 0 Å². The Hall–Kier alpha value is -1.58. The van der Waals surface area contributed by atoms with Crippen molar-refractivity contribution >= 4 is 11.7 Å². The molecule has 0 fully saturated rings. The van der Waals surface area contributed by atoms with Crippen LogP contribution in [0, 0.1) is 0 Å². The van der Waals surface area contributed by atoms with Crippen LogP contribution in [0.2, 0.25) is 0 Å². The van der Waals surface area contributed by atoms with Gasteiger partial charge in [-0.2, -0.15) is 0 Å². The molecule has 0 aliphatic carbocycles. The minimum atomic E-state index is 0.0331. The molecule has 4 nitrogen and oxygen atoms in total. The fourth-order valence-electron chi connectivity index (χ4n) is 1.54. The number of anilines is 1. The molecule has 0 unspecified atom stereocenters. The molecule has 1 N–H and O–H groups in total. The topological polar surface area (TPSA) is 45.2 Å². The number of aromatic nitrogens is 1. The summed E-state index contributed by atoms with van der Waals surface area (Å²) in [6.45, 7) is 8.15. The van der Waals surface area contributed by atoms with Gasteiger partial charge in [-0.05, 0) is 31.9 Å². The van der Waals surface area contributed by atoms with Gasteiger partial charge in [-0.15, -0.1) is 0 Å². The van der Waals surface area contributed by atoms with Gasteiger partial charge in [0.15, 0.2) is 0 Å². The van der Waals surface area contributed by atoms with Crippen LogP contribution in [0.25, 0.3) is 0 Å². The van der Waals surface area contributed by atoms with Crippen molar-refractivity contribution in [3.05, 3.63) is 23.4 Å². The van der Waals surface area contributed by atoms with Crippen molar-refractivity contribution in [2.75, 3.05) is 19.4 Å². The van der Waals surface area contributed by atoms with Crippen molar-refractivity contribution in [3.63, 3.8) is 0 Å². The van der Waals surface area contributed by atoms with Gasteiger partial charge in [0.1, 0.15) is 5.82 Å². The van der Waals surface area contributed by atoms with E-state index in [2.05, 4.69) is 24.1 Å². The highest BCUT2D eigenvalue weighted by molar-refractivity contribution is 5.95. The van der Waals surface area contributed by atoms with E-state index >= 15 is 0 Å². The molecule has 0 saturated heterocycles. The van der Waals surface area contributed by atoms with Crippen molar-refractivity contribution < 1.29 is 4.79 Å². The van der Waals surface area contributed by atoms with Crippen LogP contribution >= 0.6 is 0 Å². The Kier molecular flexibility index (Phi) is 4.70. The van der Waals surface area contributed by atoms with Gasteiger partial charge < -0.3 is 10.2 Å². The van der Waals surface area contributed by atoms with Crippen molar-refractivity contribution in [1.29, 1.82) is 0 Å². The first-order chi connectivity index (χ1) is 8.36. The number of carbonyl (C=O) groups is 1. The van der Waals surface area contributed by atoms with Crippen LogP contribution in [0.4, 0.5) is 5.82 Å². The van der Waals surface area contributed by atoms with Crippen LogP contribution in [0.15, 0.2) is 12.1 Å². The highest BCUT2D eigenvalue weighted by atomic mass is 16.2. The molecule has 0 saturated carbocycles. The molecule has 1 heterocycles. The summed E-state index contributed by atoms with van der Waals surface area (Å²) in [4.78, 5) is 18.5. The molecule has 100 valence electrons. The first-order valence-corrected chi connectivity index (χ1v) is 6.33. The zero-order valence-electron chi connectivity index (χ0n) is 12.1. The SMILES string of the molecule is CNc1cc(C(=O)N(C)C(C)C)cc(C(C)C)n1. The van der Waals surface area contributed by atoms with E-state index in [1.807, 2.05) is 34.0 Å². The number of pyridine rings is 1. The maximum atomic E-state index is 12.3. The lowest BCUT2D eigenvalue weighted by molar-refractivity contribution is 0.0754. The quantitative estimate of drug-likeness (QED) is 0.892. The Morgan fingerprint density at radius 2 is 1.89 bits per heavy atom. The summed E-state index contributed by atoms with van der Waals surface area (Å²) >= 11 is 0. The first-order valence-electron chi connectivity index (χ1n) is 6.33. The van der Waals surface area contributed by atoms with Crippen LogP contribution in [-0.4, -0.2) is 35.9 Å². The Bertz CT molecular complexity index is 427. The Morgan fingerprint density at radius 1 is 1.28 bits per heavy atom. The van der Waals surface area contributed by atoms with Crippen molar-refractivity contribution in [3.8, 4) is 0 Å². The van der Waals surface area contributed by atoms with E-state index in [0.717, 1.165) is 11.5 Å². The van der Waals surface area contributed by atoms with E-state index in [9.17, 15) is 4.79 Å². The zero-order chi connectivity index (χ0) is 13.9. The summed E-state index contributed by atoms with van der Waals surface area (Å²) in [5.41, 5.74) is 1.62. The summed E-state index contributed by atoms with van der Waals surface area (Å²) in [7, 11) is 3.63. The standard InChI is InChI=1S/C14H23N3O/c1-9(2)12-7-11(8-13(15-5)16-12)14(18)17(6)10(3)4/h7-10H,1-6H3,(H,15,16). The lowest BCUT2D eigenvalue weighted by Gasteiger charge is -2.22. The summed E-state index contributed by atoms with van der Waals surface area (Å²) in [5, 5.41) is 3.00. The predicted octanol–water partition coefficient (Wildman–Crippen LogP) is 2.73. The van der Waals surface area contributed by atoms with Gasteiger partial charge in [0.2, 0.25) is 0 Å². The Labute approximate surface area is 109 Å². The molecule has 0 aliphatic rings. The van der Waals surface area contributed by atoms with Crippen molar-refractivity contribution in [2.24, 2.45) is 0 Å². The average Bonchev–Trinajstić information content (AvgIpc) is 2.35. The highest BCUT2D eigenvalue weighted by Gasteiger charge is 2.17. The van der Waals surface area contributed by atoms with E-state index in [1.165, 1.54) is 0 Å². The second kappa shape index (κ2) is 5.85. The van der Waals surface area contributed by atoms with Gasteiger partial charge in [0.05, 0.1) is 0 Å². The molecule has 18 heavy (non-hydrogen) atoms. The number of hydrogen-bond donors (Lipinski definition) is 1. The van der Waals surface area contributed by atoms with Crippen LogP contribution in [0.3, 0.4) is 0 Å².